The molecule has 0 aliphatic rings. The Labute approximate surface area is 149 Å². The van der Waals surface area contributed by atoms with Crippen LogP contribution in [0.5, 0.6) is 5.75 Å². The van der Waals surface area contributed by atoms with E-state index in [1.54, 1.807) is 6.20 Å². The number of carbonyl (C=O) groups excluding carboxylic acids is 1. The molecule has 25 heavy (non-hydrogen) atoms. The lowest BCUT2D eigenvalue weighted by Gasteiger charge is -2.08. The number of aromatic nitrogens is 2. The minimum Gasteiger partial charge on any atom is -0.487 e. The Morgan fingerprint density at radius 3 is 2.60 bits per heavy atom. The van der Waals surface area contributed by atoms with Gasteiger partial charge in [0.15, 0.2) is 0 Å². The highest BCUT2D eigenvalue weighted by Gasteiger charge is 2.03. The zero-order chi connectivity index (χ0) is 17.9. The van der Waals surface area contributed by atoms with E-state index < -0.39 is 0 Å². The van der Waals surface area contributed by atoms with Gasteiger partial charge < -0.3 is 9.47 Å². The zero-order valence-corrected chi connectivity index (χ0v) is 15.0. The van der Waals surface area contributed by atoms with E-state index in [2.05, 4.69) is 21.6 Å². The number of unbranched alkanes of at least 4 members (excludes halogenated alkanes) is 2. The summed E-state index contributed by atoms with van der Waals surface area (Å²) in [6.07, 6.45) is 7.27. The van der Waals surface area contributed by atoms with Crippen molar-refractivity contribution in [3.8, 4) is 5.75 Å². The molecule has 0 amide bonds. The molecule has 5 nitrogen and oxygen atoms in total. The maximum absolute atomic E-state index is 11.2. The van der Waals surface area contributed by atoms with Crippen LogP contribution in [-0.2, 0) is 29.0 Å². The maximum Gasteiger partial charge on any atom is 0.305 e. The fourth-order valence-corrected chi connectivity index (χ4v) is 2.43. The Hall–Kier alpha value is -2.43. The molecule has 134 valence electrons. The average Bonchev–Trinajstić information content (AvgIpc) is 2.66. The Morgan fingerprint density at radius 1 is 1.08 bits per heavy atom. The molecule has 0 unspecified atom stereocenters. The molecule has 1 aromatic heterocycles. The summed E-state index contributed by atoms with van der Waals surface area (Å²) in [6.45, 7) is 2.61. The third kappa shape index (κ3) is 6.91. The van der Waals surface area contributed by atoms with Crippen molar-refractivity contribution in [2.45, 2.75) is 52.1 Å². The predicted octanol–water partition coefficient (Wildman–Crippen LogP) is 3.89. The van der Waals surface area contributed by atoms with Crippen LogP contribution >= 0.6 is 0 Å². The molecule has 2 rings (SSSR count). The van der Waals surface area contributed by atoms with E-state index >= 15 is 0 Å². The lowest BCUT2D eigenvalue weighted by Crippen LogP contribution is -2.03. The first-order valence-corrected chi connectivity index (χ1v) is 8.80. The van der Waals surface area contributed by atoms with Crippen LogP contribution in [-0.4, -0.2) is 23.0 Å². The Bertz CT molecular complexity index is 656. The Balaban J connectivity index is 1.82. The number of rotatable bonds is 10. The monoisotopic (exact) mass is 342 g/mol. The minimum absolute atomic E-state index is 0.196. The van der Waals surface area contributed by atoms with E-state index in [1.165, 1.54) is 20.0 Å². The van der Waals surface area contributed by atoms with Gasteiger partial charge in [0.05, 0.1) is 12.8 Å². The van der Waals surface area contributed by atoms with Crippen molar-refractivity contribution in [2.75, 3.05) is 7.11 Å². The van der Waals surface area contributed by atoms with E-state index in [9.17, 15) is 4.79 Å². The van der Waals surface area contributed by atoms with Crippen LogP contribution in [0.3, 0.4) is 0 Å². The molecule has 0 N–H and O–H groups in total. The average molecular weight is 342 g/mol. The van der Waals surface area contributed by atoms with Crippen molar-refractivity contribution in [1.82, 2.24) is 9.97 Å². The molecule has 0 spiro atoms. The molecule has 5 heteroatoms. The molecule has 0 atom stereocenters. The Kier molecular flexibility index (Phi) is 7.89. The molecule has 0 saturated heterocycles. The number of hydrogen-bond acceptors (Lipinski definition) is 5. The topological polar surface area (TPSA) is 61.3 Å². The van der Waals surface area contributed by atoms with Crippen LogP contribution in [0, 0.1) is 0 Å². The molecule has 0 radical (unpaired) electrons. The second kappa shape index (κ2) is 10.4. The fraction of sp³-hybridized carbons (Fsp3) is 0.450. The second-order valence-electron chi connectivity index (χ2n) is 5.93. The third-order valence-electron chi connectivity index (χ3n) is 3.92. The van der Waals surface area contributed by atoms with Gasteiger partial charge in [0.1, 0.15) is 18.2 Å². The molecule has 0 saturated carbocycles. The van der Waals surface area contributed by atoms with Crippen molar-refractivity contribution in [1.29, 1.82) is 0 Å². The molecule has 0 bridgehead atoms. The van der Waals surface area contributed by atoms with Crippen LogP contribution in [0.2, 0.25) is 0 Å². The summed E-state index contributed by atoms with van der Waals surface area (Å²) in [4.78, 5) is 20.0. The fourth-order valence-electron chi connectivity index (χ4n) is 2.43. The quantitative estimate of drug-likeness (QED) is 0.484. The summed E-state index contributed by atoms with van der Waals surface area (Å²) in [5.74, 6) is 1.47. The van der Waals surface area contributed by atoms with Gasteiger partial charge in [-0.25, -0.2) is 9.97 Å². The highest BCUT2D eigenvalue weighted by molar-refractivity contribution is 5.69. The van der Waals surface area contributed by atoms with Crippen LogP contribution in [0.4, 0.5) is 0 Å². The van der Waals surface area contributed by atoms with Gasteiger partial charge in [-0.3, -0.25) is 4.79 Å². The lowest BCUT2D eigenvalue weighted by molar-refractivity contribution is -0.140. The van der Waals surface area contributed by atoms with Gasteiger partial charge in [0.2, 0.25) is 0 Å². The molecule has 0 aliphatic carbocycles. The number of ether oxygens (including phenoxy) is 2. The van der Waals surface area contributed by atoms with Crippen LogP contribution < -0.4 is 4.74 Å². The number of methoxy groups -OCH3 is 1. The molecular weight excluding hydrogens is 316 g/mol. The summed E-state index contributed by atoms with van der Waals surface area (Å²) in [7, 11) is 1.40. The lowest BCUT2D eigenvalue weighted by atomic mass is 10.1. The Morgan fingerprint density at radius 2 is 1.88 bits per heavy atom. The van der Waals surface area contributed by atoms with E-state index in [-0.39, 0.29) is 5.97 Å². The summed E-state index contributed by atoms with van der Waals surface area (Å²) in [6, 6.07) is 9.64. The second-order valence-corrected chi connectivity index (χ2v) is 5.93. The van der Waals surface area contributed by atoms with Crippen molar-refractivity contribution in [3.63, 3.8) is 0 Å². The molecule has 1 heterocycles. The zero-order valence-electron chi connectivity index (χ0n) is 15.0. The highest BCUT2D eigenvalue weighted by Crippen LogP contribution is 2.15. The number of aryl methyl sites for hydroxylation is 2. The van der Waals surface area contributed by atoms with Crippen molar-refractivity contribution >= 4 is 5.97 Å². The standard InChI is InChI=1S/C20H26N2O3/c1-3-4-5-6-19-21-14-13-17(22-19)15-25-18-10-7-16(8-11-18)9-12-20(23)24-2/h7-8,10-11,13-14H,3-6,9,12,15H2,1-2H3. The first kappa shape index (κ1) is 18.9. The largest absolute Gasteiger partial charge is 0.487 e. The summed E-state index contributed by atoms with van der Waals surface area (Å²) in [5, 5.41) is 0. The van der Waals surface area contributed by atoms with Crippen LogP contribution in [0.25, 0.3) is 0 Å². The highest BCUT2D eigenvalue weighted by atomic mass is 16.5. The van der Waals surface area contributed by atoms with E-state index in [4.69, 9.17) is 4.74 Å². The van der Waals surface area contributed by atoms with E-state index in [1.807, 2.05) is 30.3 Å². The number of esters is 1. The summed E-state index contributed by atoms with van der Waals surface area (Å²) in [5.41, 5.74) is 1.97. The summed E-state index contributed by atoms with van der Waals surface area (Å²) >= 11 is 0. The summed E-state index contributed by atoms with van der Waals surface area (Å²) < 4.78 is 10.4. The van der Waals surface area contributed by atoms with Gasteiger partial charge in [-0.15, -0.1) is 0 Å². The normalized spacial score (nSPS) is 10.5. The van der Waals surface area contributed by atoms with Gasteiger partial charge in [0, 0.05) is 19.0 Å². The van der Waals surface area contributed by atoms with Crippen molar-refractivity contribution in [3.05, 3.63) is 53.6 Å². The van der Waals surface area contributed by atoms with Gasteiger partial charge in [0.25, 0.3) is 0 Å². The first-order valence-electron chi connectivity index (χ1n) is 8.80. The molecule has 2 aromatic rings. The third-order valence-corrected chi connectivity index (χ3v) is 3.92. The van der Waals surface area contributed by atoms with Crippen LogP contribution in [0.15, 0.2) is 36.5 Å². The molecule has 0 aliphatic heterocycles. The first-order chi connectivity index (χ1) is 12.2. The van der Waals surface area contributed by atoms with Crippen molar-refractivity contribution in [2.24, 2.45) is 0 Å². The van der Waals surface area contributed by atoms with E-state index in [0.717, 1.165) is 35.7 Å². The number of carbonyl (C=O) groups is 1. The maximum atomic E-state index is 11.2. The molecule has 0 fully saturated rings. The van der Waals surface area contributed by atoms with E-state index in [0.29, 0.717) is 19.4 Å². The predicted molar refractivity (Wildman–Crippen MR) is 96.4 cm³/mol. The van der Waals surface area contributed by atoms with Gasteiger partial charge in [-0.2, -0.15) is 0 Å². The minimum atomic E-state index is -0.196. The van der Waals surface area contributed by atoms with Gasteiger partial charge >= 0.3 is 5.97 Å². The smallest absolute Gasteiger partial charge is 0.305 e. The molecule has 1 aromatic carbocycles. The number of benzene rings is 1. The SMILES string of the molecule is CCCCCc1nccc(COc2ccc(CCC(=O)OC)cc2)n1. The van der Waals surface area contributed by atoms with Crippen LogP contribution in [0.1, 0.15) is 49.7 Å². The van der Waals surface area contributed by atoms with Crippen molar-refractivity contribution < 1.29 is 14.3 Å². The van der Waals surface area contributed by atoms with Gasteiger partial charge in [-0.05, 0) is 36.6 Å². The molecular formula is C20H26N2O3. The number of nitrogens with zero attached hydrogens (tertiary/aromatic N) is 2. The van der Waals surface area contributed by atoms with Gasteiger partial charge in [-0.1, -0.05) is 31.9 Å². The number of hydrogen-bond donors (Lipinski definition) is 0.